The molecule has 2 aromatic rings. The number of nitrogens with one attached hydrogen (secondary N) is 2. The van der Waals surface area contributed by atoms with Gasteiger partial charge in [-0.3, -0.25) is 4.79 Å². The Hall–Kier alpha value is -1.95. The molecule has 2 rings (SSSR count). The highest BCUT2D eigenvalue weighted by Gasteiger charge is 2.20. The van der Waals surface area contributed by atoms with Crippen LogP contribution in [0.25, 0.3) is 0 Å². The number of hydrogen-bond donors (Lipinski definition) is 2. The van der Waals surface area contributed by atoms with E-state index in [2.05, 4.69) is 25.9 Å². The molecule has 7 heteroatoms. The molecule has 106 valence electrons. The van der Waals surface area contributed by atoms with Gasteiger partial charge in [-0.05, 0) is 25.0 Å². The minimum absolute atomic E-state index is 0.234. The van der Waals surface area contributed by atoms with Gasteiger partial charge in [0.25, 0.3) is 5.91 Å². The first kappa shape index (κ1) is 14.5. The summed E-state index contributed by atoms with van der Waals surface area (Å²) >= 11 is 6.16. The van der Waals surface area contributed by atoms with E-state index in [1.807, 2.05) is 19.9 Å². The predicted molar refractivity (Wildman–Crippen MR) is 75.5 cm³/mol. The van der Waals surface area contributed by atoms with E-state index in [1.54, 1.807) is 12.1 Å². The van der Waals surface area contributed by atoms with Crippen molar-refractivity contribution in [3.05, 3.63) is 40.2 Å². The topological polar surface area (TPSA) is 83.6 Å². The van der Waals surface area contributed by atoms with Crippen LogP contribution in [0.1, 0.15) is 47.6 Å². The van der Waals surface area contributed by atoms with E-state index in [9.17, 15) is 4.79 Å². The average molecular weight is 294 g/mol. The fraction of sp³-hybridized carbons (Fsp3) is 0.385. The normalized spacial score (nSPS) is 12.2. The third kappa shape index (κ3) is 3.14. The number of tetrazole rings is 1. The molecule has 1 heterocycles. The number of carbonyl (C=O) groups excluding carboxylic acids is 1. The number of hydrogen-bond acceptors (Lipinski definition) is 4. The summed E-state index contributed by atoms with van der Waals surface area (Å²) in [6.45, 7) is 3.89. The van der Waals surface area contributed by atoms with Crippen molar-refractivity contribution < 1.29 is 4.79 Å². The lowest BCUT2D eigenvalue weighted by Gasteiger charge is -2.15. The third-order valence-electron chi connectivity index (χ3n) is 2.99. The molecule has 20 heavy (non-hydrogen) atoms. The molecule has 0 saturated carbocycles. The Morgan fingerprint density at radius 1 is 1.50 bits per heavy atom. The van der Waals surface area contributed by atoms with Crippen molar-refractivity contribution in [3.63, 3.8) is 0 Å². The monoisotopic (exact) mass is 293 g/mol. The molecule has 1 aromatic heterocycles. The van der Waals surface area contributed by atoms with Crippen molar-refractivity contribution in [2.75, 3.05) is 0 Å². The van der Waals surface area contributed by atoms with Gasteiger partial charge in [0.15, 0.2) is 5.82 Å². The van der Waals surface area contributed by atoms with Crippen LogP contribution in [-0.2, 0) is 0 Å². The fourth-order valence-electron chi connectivity index (χ4n) is 1.93. The standard InChI is InChI=1S/C13H16ClN5O/c1-3-5-10(12-16-18-19-17-12)15-13(20)9-7-4-6-8(2)11(9)14/h4,6-7,10H,3,5H2,1-2H3,(H,15,20)(H,16,17,18,19)/t10-/m1/s1. The van der Waals surface area contributed by atoms with E-state index in [0.29, 0.717) is 16.4 Å². The number of nitrogens with zero attached hydrogens (tertiary/aromatic N) is 3. The minimum atomic E-state index is -0.275. The average Bonchev–Trinajstić information content (AvgIpc) is 2.95. The number of amides is 1. The number of aromatic amines is 1. The molecule has 1 atom stereocenters. The van der Waals surface area contributed by atoms with Crippen LogP contribution in [0.3, 0.4) is 0 Å². The molecule has 0 radical (unpaired) electrons. The van der Waals surface area contributed by atoms with Gasteiger partial charge in [-0.2, -0.15) is 5.21 Å². The molecule has 1 amide bonds. The van der Waals surface area contributed by atoms with Crippen LogP contribution < -0.4 is 5.32 Å². The van der Waals surface area contributed by atoms with E-state index in [1.165, 1.54) is 0 Å². The maximum atomic E-state index is 12.3. The second-order valence-electron chi connectivity index (χ2n) is 4.52. The van der Waals surface area contributed by atoms with Crippen LogP contribution in [0.2, 0.25) is 5.02 Å². The maximum absolute atomic E-state index is 12.3. The number of rotatable bonds is 5. The zero-order valence-electron chi connectivity index (χ0n) is 11.4. The number of carbonyl (C=O) groups is 1. The molecule has 0 aliphatic carbocycles. The van der Waals surface area contributed by atoms with Crippen LogP contribution in [-0.4, -0.2) is 26.5 Å². The van der Waals surface area contributed by atoms with Gasteiger partial charge >= 0.3 is 0 Å². The number of halogens is 1. The Morgan fingerprint density at radius 3 is 2.95 bits per heavy atom. The largest absolute Gasteiger partial charge is 0.342 e. The summed E-state index contributed by atoms with van der Waals surface area (Å²) in [7, 11) is 0. The molecule has 0 spiro atoms. The quantitative estimate of drug-likeness (QED) is 0.887. The van der Waals surface area contributed by atoms with Crippen molar-refractivity contribution in [2.45, 2.75) is 32.7 Å². The lowest BCUT2D eigenvalue weighted by Crippen LogP contribution is -2.29. The molecule has 2 N–H and O–H groups in total. The Bertz CT molecular complexity index is 584. The molecule has 0 aliphatic rings. The van der Waals surface area contributed by atoms with Gasteiger partial charge in [0.05, 0.1) is 16.6 Å². The van der Waals surface area contributed by atoms with Gasteiger partial charge in [-0.1, -0.05) is 42.3 Å². The van der Waals surface area contributed by atoms with Gasteiger partial charge in [0.1, 0.15) is 0 Å². The number of aromatic nitrogens is 4. The minimum Gasteiger partial charge on any atom is -0.342 e. The van der Waals surface area contributed by atoms with Crippen LogP contribution in [0.15, 0.2) is 18.2 Å². The summed E-state index contributed by atoms with van der Waals surface area (Å²) in [5, 5.41) is 17.1. The molecule has 0 fully saturated rings. The first-order valence-electron chi connectivity index (χ1n) is 6.42. The van der Waals surface area contributed by atoms with Gasteiger partial charge < -0.3 is 5.32 Å². The molecule has 0 saturated heterocycles. The summed E-state index contributed by atoms with van der Waals surface area (Å²) in [6, 6.07) is 5.09. The Balaban J connectivity index is 2.18. The number of benzene rings is 1. The van der Waals surface area contributed by atoms with Crippen molar-refractivity contribution in [3.8, 4) is 0 Å². The summed E-state index contributed by atoms with van der Waals surface area (Å²) in [5.41, 5.74) is 1.32. The third-order valence-corrected chi connectivity index (χ3v) is 3.49. The maximum Gasteiger partial charge on any atom is 0.253 e. The summed E-state index contributed by atoms with van der Waals surface area (Å²) in [5.74, 6) is 0.242. The number of aryl methyl sites for hydroxylation is 1. The molecule has 0 aliphatic heterocycles. The molecule has 1 aromatic carbocycles. The molecule has 0 bridgehead atoms. The Kier molecular flexibility index (Phi) is 4.68. The van der Waals surface area contributed by atoms with E-state index >= 15 is 0 Å². The first-order valence-corrected chi connectivity index (χ1v) is 6.80. The molecular weight excluding hydrogens is 278 g/mol. The molecule has 0 unspecified atom stereocenters. The fourth-order valence-corrected chi connectivity index (χ4v) is 2.14. The lowest BCUT2D eigenvalue weighted by molar-refractivity contribution is 0.0932. The number of H-pyrrole nitrogens is 1. The molecule has 6 nitrogen and oxygen atoms in total. The van der Waals surface area contributed by atoms with Crippen LogP contribution >= 0.6 is 11.6 Å². The second kappa shape index (κ2) is 6.47. The zero-order valence-corrected chi connectivity index (χ0v) is 12.1. The van der Waals surface area contributed by atoms with Crippen molar-refractivity contribution >= 4 is 17.5 Å². The smallest absolute Gasteiger partial charge is 0.253 e. The predicted octanol–water partition coefficient (Wildman–Crippen LogP) is 2.43. The van der Waals surface area contributed by atoms with E-state index < -0.39 is 0 Å². The highest BCUT2D eigenvalue weighted by atomic mass is 35.5. The van der Waals surface area contributed by atoms with Crippen molar-refractivity contribution in [2.24, 2.45) is 0 Å². The van der Waals surface area contributed by atoms with Gasteiger partial charge in [0, 0.05) is 0 Å². The van der Waals surface area contributed by atoms with Crippen molar-refractivity contribution in [1.29, 1.82) is 0 Å². The van der Waals surface area contributed by atoms with Crippen LogP contribution in [0.4, 0.5) is 0 Å². The Morgan fingerprint density at radius 2 is 2.30 bits per heavy atom. The van der Waals surface area contributed by atoms with E-state index in [0.717, 1.165) is 18.4 Å². The van der Waals surface area contributed by atoms with Crippen LogP contribution in [0, 0.1) is 6.92 Å². The lowest BCUT2D eigenvalue weighted by atomic mass is 10.1. The van der Waals surface area contributed by atoms with E-state index in [-0.39, 0.29) is 11.9 Å². The SMILES string of the molecule is CCC[C@@H](NC(=O)c1cccc(C)c1Cl)c1nn[nH]n1. The molecular formula is C13H16ClN5O. The second-order valence-corrected chi connectivity index (χ2v) is 4.90. The van der Waals surface area contributed by atoms with Crippen LogP contribution in [0.5, 0.6) is 0 Å². The van der Waals surface area contributed by atoms with Crippen molar-refractivity contribution in [1.82, 2.24) is 25.9 Å². The summed E-state index contributed by atoms with van der Waals surface area (Å²) < 4.78 is 0. The summed E-state index contributed by atoms with van der Waals surface area (Å²) in [6.07, 6.45) is 1.62. The van der Waals surface area contributed by atoms with Gasteiger partial charge in [0.2, 0.25) is 0 Å². The highest BCUT2D eigenvalue weighted by molar-refractivity contribution is 6.34. The van der Waals surface area contributed by atoms with E-state index in [4.69, 9.17) is 11.6 Å². The summed E-state index contributed by atoms with van der Waals surface area (Å²) in [4.78, 5) is 12.3. The highest BCUT2D eigenvalue weighted by Crippen LogP contribution is 2.21. The zero-order chi connectivity index (χ0) is 14.5. The Labute approximate surface area is 121 Å². The first-order chi connectivity index (χ1) is 9.63. The van der Waals surface area contributed by atoms with Gasteiger partial charge in [-0.15, -0.1) is 10.2 Å². The van der Waals surface area contributed by atoms with Gasteiger partial charge in [-0.25, -0.2) is 0 Å².